The number of carbonyl (C=O) groups is 1. The van der Waals surface area contributed by atoms with Crippen molar-refractivity contribution < 1.29 is 9.90 Å². The number of Topliss-reactive ketones (excluding diaryl/α,β-unsaturated/α-hetero) is 1. The molecule has 2 heteroatoms. The molecule has 2 nitrogen and oxygen atoms in total. The van der Waals surface area contributed by atoms with Gasteiger partial charge in [0.05, 0.1) is 0 Å². The summed E-state index contributed by atoms with van der Waals surface area (Å²) in [5.41, 5.74) is -0.348. The Bertz CT molecular complexity index is 288. The largest absolute Gasteiger partial charge is 0.505 e. The van der Waals surface area contributed by atoms with Crippen molar-refractivity contribution in [2.75, 3.05) is 0 Å². The van der Waals surface area contributed by atoms with E-state index >= 15 is 0 Å². The van der Waals surface area contributed by atoms with Crippen molar-refractivity contribution in [1.82, 2.24) is 0 Å². The number of carbonyl (C=O) groups excluding carboxylic acids is 1. The van der Waals surface area contributed by atoms with Gasteiger partial charge >= 0.3 is 0 Å². The normalized spacial score (nSPS) is 39.6. The van der Waals surface area contributed by atoms with Crippen LogP contribution in [0.3, 0.4) is 0 Å². The van der Waals surface area contributed by atoms with Crippen molar-refractivity contribution in [3.63, 3.8) is 0 Å². The van der Waals surface area contributed by atoms with E-state index in [4.69, 9.17) is 0 Å². The molecular formula is C10H12O2. The van der Waals surface area contributed by atoms with Gasteiger partial charge in [-0.3, -0.25) is 4.79 Å². The third-order valence-corrected chi connectivity index (χ3v) is 3.03. The molecule has 2 aliphatic carbocycles. The summed E-state index contributed by atoms with van der Waals surface area (Å²) in [5.74, 6) is 0.0954. The fourth-order valence-electron chi connectivity index (χ4n) is 2.05. The Labute approximate surface area is 71.6 Å². The maximum atomic E-state index is 11.5. The van der Waals surface area contributed by atoms with E-state index in [2.05, 4.69) is 6.08 Å². The lowest BCUT2D eigenvalue weighted by atomic mass is 9.71. The van der Waals surface area contributed by atoms with Gasteiger partial charge in [-0.2, -0.15) is 0 Å². The molecule has 0 aromatic rings. The third-order valence-electron chi connectivity index (χ3n) is 3.03. The Kier molecular flexibility index (Phi) is 1.40. The Hall–Kier alpha value is -1.05. The molecule has 2 rings (SSSR count). The van der Waals surface area contributed by atoms with E-state index in [0.717, 1.165) is 12.8 Å². The molecular weight excluding hydrogens is 152 g/mol. The second-order valence-electron chi connectivity index (χ2n) is 3.82. The molecule has 0 amide bonds. The highest BCUT2D eigenvalue weighted by molar-refractivity contribution is 6.00. The first-order valence-corrected chi connectivity index (χ1v) is 4.25. The molecule has 0 saturated carbocycles. The monoisotopic (exact) mass is 164 g/mol. The molecule has 0 aromatic carbocycles. The van der Waals surface area contributed by atoms with Gasteiger partial charge in [0.15, 0.2) is 5.76 Å². The van der Waals surface area contributed by atoms with Gasteiger partial charge in [0, 0.05) is 5.41 Å². The predicted molar refractivity (Wildman–Crippen MR) is 45.7 cm³/mol. The van der Waals surface area contributed by atoms with Gasteiger partial charge in [-0.15, -0.1) is 0 Å². The summed E-state index contributed by atoms with van der Waals surface area (Å²) in [6.45, 7) is 1.93. The van der Waals surface area contributed by atoms with E-state index in [1.54, 1.807) is 6.08 Å². The lowest BCUT2D eigenvalue weighted by molar-refractivity contribution is -0.126. The van der Waals surface area contributed by atoms with Gasteiger partial charge < -0.3 is 5.11 Å². The molecule has 64 valence electrons. The minimum Gasteiger partial charge on any atom is -0.505 e. The summed E-state index contributed by atoms with van der Waals surface area (Å²) in [6, 6.07) is 0. The van der Waals surface area contributed by atoms with Crippen LogP contribution in [-0.4, -0.2) is 10.9 Å². The summed E-state index contributed by atoms with van der Waals surface area (Å²) < 4.78 is 0. The number of aliphatic hydroxyl groups excluding tert-OH is 1. The number of fused-ring (bicyclic) bond motifs is 1. The van der Waals surface area contributed by atoms with Gasteiger partial charge in [-0.05, 0) is 24.8 Å². The van der Waals surface area contributed by atoms with Crippen molar-refractivity contribution in [2.45, 2.75) is 19.8 Å². The average Bonchev–Trinajstić information content (AvgIpc) is 2.28. The van der Waals surface area contributed by atoms with Gasteiger partial charge in [0.2, 0.25) is 5.78 Å². The summed E-state index contributed by atoms with van der Waals surface area (Å²) in [5, 5.41) is 9.28. The van der Waals surface area contributed by atoms with E-state index in [9.17, 15) is 9.90 Å². The Morgan fingerprint density at radius 2 is 2.33 bits per heavy atom. The van der Waals surface area contributed by atoms with E-state index in [-0.39, 0.29) is 22.9 Å². The molecule has 0 radical (unpaired) electrons. The first-order chi connectivity index (χ1) is 5.64. The average molecular weight is 164 g/mol. The van der Waals surface area contributed by atoms with Gasteiger partial charge in [0.25, 0.3) is 0 Å². The molecule has 12 heavy (non-hydrogen) atoms. The molecule has 0 heterocycles. The third kappa shape index (κ3) is 0.779. The van der Waals surface area contributed by atoms with Crippen LogP contribution in [0.15, 0.2) is 24.0 Å². The molecule has 1 N–H and O–H groups in total. The summed E-state index contributed by atoms with van der Waals surface area (Å²) in [4.78, 5) is 11.5. The number of aliphatic hydroxyl groups is 1. The Morgan fingerprint density at radius 1 is 1.58 bits per heavy atom. The molecule has 2 aliphatic rings. The topological polar surface area (TPSA) is 37.3 Å². The lowest BCUT2D eigenvalue weighted by Crippen LogP contribution is -2.31. The van der Waals surface area contributed by atoms with Gasteiger partial charge in [0.1, 0.15) is 0 Å². The van der Waals surface area contributed by atoms with Crippen LogP contribution in [0.25, 0.3) is 0 Å². The fraction of sp³-hybridized carbons (Fsp3) is 0.500. The van der Waals surface area contributed by atoms with Gasteiger partial charge in [-0.25, -0.2) is 0 Å². The first kappa shape index (κ1) is 7.59. The molecule has 0 aliphatic heterocycles. The zero-order valence-corrected chi connectivity index (χ0v) is 7.08. The zero-order chi connectivity index (χ0) is 8.77. The predicted octanol–water partition coefficient (Wildman–Crippen LogP) is 1.98. The number of allylic oxidation sites excluding steroid dienone is 4. The molecule has 0 bridgehead atoms. The van der Waals surface area contributed by atoms with Crippen molar-refractivity contribution in [3.8, 4) is 0 Å². The van der Waals surface area contributed by atoms with Crippen LogP contribution >= 0.6 is 0 Å². The van der Waals surface area contributed by atoms with Crippen molar-refractivity contribution in [3.05, 3.63) is 24.0 Å². The molecule has 2 unspecified atom stereocenters. The van der Waals surface area contributed by atoms with E-state index in [1.165, 1.54) is 0 Å². The minimum absolute atomic E-state index is 0.0359. The second kappa shape index (κ2) is 2.22. The Balaban J connectivity index is 2.40. The number of hydrogen-bond donors (Lipinski definition) is 1. The van der Waals surface area contributed by atoms with Crippen molar-refractivity contribution in [1.29, 1.82) is 0 Å². The van der Waals surface area contributed by atoms with Crippen LogP contribution in [0.1, 0.15) is 19.8 Å². The molecule has 0 aromatic heterocycles. The van der Waals surface area contributed by atoms with Crippen molar-refractivity contribution in [2.24, 2.45) is 11.3 Å². The summed E-state index contributed by atoms with van der Waals surface area (Å²) in [6.07, 6.45) is 7.45. The highest BCUT2D eigenvalue weighted by Crippen LogP contribution is 2.45. The Morgan fingerprint density at radius 3 is 3.00 bits per heavy atom. The highest BCUT2D eigenvalue weighted by Gasteiger charge is 2.46. The second-order valence-corrected chi connectivity index (χ2v) is 3.82. The maximum absolute atomic E-state index is 11.5. The number of hydrogen-bond acceptors (Lipinski definition) is 2. The van der Waals surface area contributed by atoms with Crippen LogP contribution in [0.5, 0.6) is 0 Å². The smallest absolute Gasteiger partial charge is 0.203 e. The SMILES string of the molecule is CC12CC=CCC1C=C(O)C2=O. The highest BCUT2D eigenvalue weighted by atomic mass is 16.3. The zero-order valence-electron chi connectivity index (χ0n) is 7.08. The molecule has 0 spiro atoms. The number of rotatable bonds is 0. The van der Waals surface area contributed by atoms with Crippen LogP contribution in [0.4, 0.5) is 0 Å². The molecule has 0 saturated heterocycles. The van der Waals surface area contributed by atoms with Crippen LogP contribution < -0.4 is 0 Å². The van der Waals surface area contributed by atoms with E-state index < -0.39 is 0 Å². The van der Waals surface area contributed by atoms with Gasteiger partial charge in [-0.1, -0.05) is 19.1 Å². The fourth-order valence-corrected chi connectivity index (χ4v) is 2.05. The minimum atomic E-state index is -0.348. The molecule has 0 fully saturated rings. The first-order valence-electron chi connectivity index (χ1n) is 4.25. The van der Waals surface area contributed by atoms with Crippen LogP contribution in [0.2, 0.25) is 0 Å². The van der Waals surface area contributed by atoms with E-state index in [0.29, 0.717) is 0 Å². The van der Waals surface area contributed by atoms with E-state index in [1.807, 2.05) is 13.0 Å². The van der Waals surface area contributed by atoms with Crippen molar-refractivity contribution >= 4 is 5.78 Å². The summed E-state index contributed by atoms with van der Waals surface area (Å²) >= 11 is 0. The standard InChI is InChI=1S/C10H12O2/c1-10-5-3-2-4-7(10)6-8(11)9(10)12/h2-3,6-7,11H,4-5H2,1H3. The number of ketones is 1. The lowest BCUT2D eigenvalue weighted by Gasteiger charge is -2.30. The van der Waals surface area contributed by atoms with Crippen LogP contribution in [0, 0.1) is 11.3 Å². The van der Waals surface area contributed by atoms with Crippen LogP contribution in [-0.2, 0) is 4.79 Å². The summed E-state index contributed by atoms with van der Waals surface area (Å²) in [7, 11) is 0. The quantitative estimate of drug-likeness (QED) is 0.556. The maximum Gasteiger partial charge on any atom is 0.203 e. The molecule has 2 atom stereocenters.